The van der Waals surface area contributed by atoms with Crippen molar-refractivity contribution >= 4 is 29.3 Å². The number of anilines is 1. The minimum Gasteiger partial charge on any atom is -0.454 e. The van der Waals surface area contributed by atoms with Gasteiger partial charge in [0, 0.05) is 18.4 Å². The number of carbonyl (C=O) groups is 4. The molecule has 2 aromatic rings. The zero-order chi connectivity index (χ0) is 20.4. The average molecular weight is 379 g/mol. The fraction of sp³-hybridized carbons (Fsp3) is 0.273. The van der Waals surface area contributed by atoms with Gasteiger partial charge in [0.1, 0.15) is 0 Å². The Morgan fingerprint density at radius 3 is 2.00 bits per heavy atom. The van der Waals surface area contributed by atoms with Crippen LogP contribution in [0.4, 0.5) is 5.69 Å². The summed E-state index contributed by atoms with van der Waals surface area (Å²) in [5.74, 6) is -1.40. The standard InChI is InChI=1S/C22H21NO5/c1-13-10-14(2)21(15(3)11-13)18(24)12-28-22(27)16-4-6-17(7-5-16)23-19(25)8-9-20(23)26/h4-7,10-11H,8-9,12H2,1-3H3. The van der Waals surface area contributed by atoms with E-state index in [0.29, 0.717) is 11.3 Å². The van der Waals surface area contributed by atoms with Gasteiger partial charge in [-0.05, 0) is 56.2 Å². The maximum atomic E-state index is 12.5. The second-order valence-corrected chi connectivity index (χ2v) is 6.94. The predicted molar refractivity (Wildman–Crippen MR) is 103 cm³/mol. The first-order valence-electron chi connectivity index (χ1n) is 9.02. The Morgan fingerprint density at radius 1 is 0.929 bits per heavy atom. The molecule has 1 fully saturated rings. The summed E-state index contributed by atoms with van der Waals surface area (Å²) in [5.41, 5.74) is 4.00. The van der Waals surface area contributed by atoms with Crippen LogP contribution in [0.2, 0.25) is 0 Å². The lowest BCUT2D eigenvalue weighted by molar-refractivity contribution is -0.121. The Morgan fingerprint density at radius 2 is 1.46 bits per heavy atom. The number of hydrogen-bond acceptors (Lipinski definition) is 5. The number of imide groups is 1. The molecule has 0 aromatic heterocycles. The summed E-state index contributed by atoms with van der Waals surface area (Å²) < 4.78 is 5.16. The fourth-order valence-electron chi connectivity index (χ4n) is 3.52. The van der Waals surface area contributed by atoms with Crippen molar-refractivity contribution in [2.24, 2.45) is 0 Å². The third kappa shape index (κ3) is 3.86. The summed E-state index contributed by atoms with van der Waals surface area (Å²) in [7, 11) is 0. The molecule has 0 spiro atoms. The van der Waals surface area contributed by atoms with Gasteiger partial charge in [-0.15, -0.1) is 0 Å². The summed E-state index contributed by atoms with van der Waals surface area (Å²) in [5, 5.41) is 0. The van der Waals surface area contributed by atoms with Crippen molar-refractivity contribution in [3.63, 3.8) is 0 Å². The molecule has 0 radical (unpaired) electrons. The molecule has 3 rings (SSSR count). The highest BCUT2D eigenvalue weighted by Crippen LogP contribution is 2.23. The van der Waals surface area contributed by atoms with Crippen LogP contribution in [0.3, 0.4) is 0 Å². The van der Waals surface area contributed by atoms with E-state index in [1.54, 1.807) is 0 Å². The molecule has 1 aliphatic rings. The molecule has 1 saturated heterocycles. The molecule has 2 aromatic carbocycles. The number of hydrogen-bond donors (Lipinski definition) is 0. The highest BCUT2D eigenvalue weighted by Gasteiger charge is 2.30. The molecule has 0 N–H and O–H groups in total. The van der Waals surface area contributed by atoms with Gasteiger partial charge in [0.15, 0.2) is 6.61 Å². The SMILES string of the molecule is Cc1cc(C)c(C(=O)COC(=O)c2ccc(N3C(=O)CCC3=O)cc2)c(C)c1. The number of amides is 2. The first-order valence-corrected chi connectivity index (χ1v) is 9.02. The molecule has 6 heteroatoms. The molecule has 0 saturated carbocycles. The highest BCUT2D eigenvalue weighted by molar-refractivity contribution is 6.19. The average Bonchev–Trinajstić information content (AvgIpc) is 2.97. The second-order valence-electron chi connectivity index (χ2n) is 6.94. The van der Waals surface area contributed by atoms with E-state index < -0.39 is 5.97 Å². The zero-order valence-electron chi connectivity index (χ0n) is 16.1. The van der Waals surface area contributed by atoms with E-state index in [9.17, 15) is 19.2 Å². The van der Waals surface area contributed by atoms with Gasteiger partial charge < -0.3 is 4.74 Å². The van der Waals surface area contributed by atoms with Crippen molar-refractivity contribution in [3.05, 3.63) is 64.2 Å². The molecular formula is C22H21NO5. The van der Waals surface area contributed by atoms with E-state index >= 15 is 0 Å². The second kappa shape index (κ2) is 7.76. The number of aryl methyl sites for hydroxylation is 3. The molecule has 0 aliphatic carbocycles. The number of ether oxygens (including phenoxy) is 1. The summed E-state index contributed by atoms with van der Waals surface area (Å²) in [6.45, 7) is 5.32. The van der Waals surface area contributed by atoms with Gasteiger partial charge in [0.05, 0.1) is 11.3 Å². The Kier molecular flexibility index (Phi) is 5.40. The number of ketones is 1. The van der Waals surface area contributed by atoms with Crippen LogP contribution in [0.1, 0.15) is 50.2 Å². The number of carbonyl (C=O) groups excluding carboxylic acids is 4. The van der Waals surface area contributed by atoms with Gasteiger partial charge >= 0.3 is 5.97 Å². The molecule has 0 bridgehead atoms. The lowest BCUT2D eigenvalue weighted by Crippen LogP contribution is -2.28. The van der Waals surface area contributed by atoms with Gasteiger partial charge in [-0.1, -0.05) is 17.7 Å². The van der Waals surface area contributed by atoms with Crippen LogP contribution in [0.25, 0.3) is 0 Å². The summed E-state index contributed by atoms with van der Waals surface area (Å²) in [6.07, 6.45) is 0.394. The lowest BCUT2D eigenvalue weighted by Gasteiger charge is -2.14. The quantitative estimate of drug-likeness (QED) is 0.452. The number of nitrogens with zero attached hydrogens (tertiary/aromatic N) is 1. The molecule has 6 nitrogen and oxygen atoms in total. The number of benzene rings is 2. The van der Waals surface area contributed by atoms with Crippen molar-refractivity contribution in [2.75, 3.05) is 11.5 Å². The van der Waals surface area contributed by atoms with E-state index in [4.69, 9.17) is 4.74 Å². The van der Waals surface area contributed by atoms with Crippen molar-refractivity contribution in [1.29, 1.82) is 0 Å². The van der Waals surface area contributed by atoms with E-state index in [2.05, 4.69) is 0 Å². The maximum absolute atomic E-state index is 12.5. The molecule has 144 valence electrons. The van der Waals surface area contributed by atoms with Crippen molar-refractivity contribution in [3.8, 4) is 0 Å². The third-order valence-corrected chi connectivity index (χ3v) is 4.70. The van der Waals surface area contributed by atoms with Crippen LogP contribution in [-0.2, 0) is 14.3 Å². The van der Waals surface area contributed by atoms with Crippen LogP contribution < -0.4 is 4.90 Å². The molecule has 0 unspecified atom stereocenters. The van der Waals surface area contributed by atoms with Crippen LogP contribution in [0.5, 0.6) is 0 Å². The van der Waals surface area contributed by atoms with Gasteiger partial charge in [-0.25, -0.2) is 4.79 Å². The lowest BCUT2D eigenvalue weighted by atomic mass is 9.97. The fourth-order valence-corrected chi connectivity index (χ4v) is 3.52. The zero-order valence-corrected chi connectivity index (χ0v) is 16.1. The predicted octanol–water partition coefficient (Wildman–Crippen LogP) is 3.30. The summed E-state index contributed by atoms with van der Waals surface area (Å²) >= 11 is 0. The molecular weight excluding hydrogens is 358 g/mol. The van der Waals surface area contributed by atoms with E-state index in [1.165, 1.54) is 24.3 Å². The maximum Gasteiger partial charge on any atom is 0.338 e. The molecule has 0 atom stereocenters. The van der Waals surface area contributed by atoms with Gasteiger partial charge in [-0.2, -0.15) is 0 Å². The van der Waals surface area contributed by atoms with Crippen LogP contribution >= 0.6 is 0 Å². The van der Waals surface area contributed by atoms with Crippen LogP contribution in [0, 0.1) is 20.8 Å². The van der Waals surface area contributed by atoms with Crippen molar-refractivity contribution in [2.45, 2.75) is 33.6 Å². The topological polar surface area (TPSA) is 80.8 Å². The monoisotopic (exact) mass is 379 g/mol. The highest BCUT2D eigenvalue weighted by atomic mass is 16.5. The first-order chi connectivity index (χ1) is 13.3. The smallest absolute Gasteiger partial charge is 0.338 e. The Hall–Kier alpha value is -3.28. The molecule has 1 heterocycles. The molecule has 28 heavy (non-hydrogen) atoms. The first kappa shape index (κ1) is 19.5. The largest absolute Gasteiger partial charge is 0.454 e. The normalized spacial score (nSPS) is 13.8. The number of Topliss-reactive ketones (excluding diaryl/α,β-unsaturated/α-hetero) is 1. The Bertz CT molecular complexity index is 936. The summed E-state index contributed by atoms with van der Waals surface area (Å²) in [6, 6.07) is 9.83. The van der Waals surface area contributed by atoms with Gasteiger partial charge in [-0.3, -0.25) is 19.3 Å². The van der Waals surface area contributed by atoms with Gasteiger partial charge in [0.25, 0.3) is 0 Å². The minimum atomic E-state index is -0.638. The molecule has 2 amide bonds. The van der Waals surface area contributed by atoms with Gasteiger partial charge in [0.2, 0.25) is 17.6 Å². The van der Waals surface area contributed by atoms with E-state index in [0.717, 1.165) is 21.6 Å². The van der Waals surface area contributed by atoms with Crippen LogP contribution in [-0.4, -0.2) is 30.2 Å². The number of rotatable bonds is 5. The number of esters is 1. The van der Waals surface area contributed by atoms with Crippen molar-refractivity contribution < 1.29 is 23.9 Å². The summed E-state index contributed by atoms with van der Waals surface area (Å²) in [4.78, 5) is 49.4. The van der Waals surface area contributed by atoms with Crippen LogP contribution in [0.15, 0.2) is 36.4 Å². The Balaban J connectivity index is 1.66. The van der Waals surface area contributed by atoms with Crippen molar-refractivity contribution in [1.82, 2.24) is 0 Å². The van der Waals surface area contributed by atoms with E-state index in [-0.39, 0.29) is 42.6 Å². The molecule has 1 aliphatic heterocycles. The Labute approximate surface area is 163 Å². The third-order valence-electron chi connectivity index (χ3n) is 4.70. The van der Waals surface area contributed by atoms with E-state index in [1.807, 2.05) is 32.9 Å². The minimum absolute atomic E-state index is 0.197.